The molecule has 0 rings (SSSR count). The smallest absolute Gasteiger partial charge is 0.0908 e. The number of alkyl halides is 2. The molecule has 0 aliphatic heterocycles. The summed E-state index contributed by atoms with van der Waals surface area (Å²) in [5.41, 5.74) is 0. The molecular weight excluding hydrogens is 231 g/mol. The normalized spacial score (nSPS) is 12.0. The van der Waals surface area contributed by atoms with Crippen LogP contribution < -0.4 is 0 Å². The van der Waals surface area contributed by atoms with Crippen molar-refractivity contribution in [1.29, 1.82) is 0 Å². The summed E-state index contributed by atoms with van der Waals surface area (Å²) in [6, 6.07) is 1.33. The van der Waals surface area contributed by atoms with Crippen LogP contribution in [0.15, 0.2) is 0 Å². The first kappa shape index (κ1) is 14.8. The SMILES string of the molecule is CCCCCCCCCC[SiH2]C(Cl)Cl. The van der Waals surface area contributed by atoms with Gasteiger partial charge in [0.15, 0.2) is 0 Å². The van der Waals surface area contributed by atoms with E-state index in [4.69, 9.17) is 23.2 Å². The van der Waals surface area contributed by atoms with Crippen molar-refractivity contribution in [2.24, 2.45) is 0 Å². The third-order valence-electron chi connectivity index (χ3n) is 2.53. The monoisotopic (exact) mass is 254 g/mol. The molecule has 14 heavy (non-hydrogen) atoms. The van der Waals surface area contributed by atoms with E-state index < -0.39 is 0 Å². The highest BCUT2D eigenvalue weighted by molar-refractivity contribution is 6.68. The number of halogens is 2. The zero-order chi connectivity index (χ0) is 10.6. The Hall–Kier alpha value is 0.797. The molecule has 0 aromatic heterocycles. The molecule has 0 aliphatic rings. The van der Waals surface area contributed by atoms with Crippen LogP contribution in [0.3, 0.4) is 0 Å². The quantitative estimate of drug-likeness (QED) is 0.307. The fraction of sp³-hybridized carbons (Fsp3) is 1.00. The molecule has 0 aliphatic carbocycles. The molecule has 3 heteroatoms. The Balaban J connectivity index is 2.85. The van der Waals surface area contributed by atoms with Crippen LogP contribution in [-0.2, 0) is 0 Å². The number of unbranched alkanes of at least 4 members (excludes halogenated alkanes) is 7. The van der Waals surface area contributed by atoms with E-state index in [1.165, 1.54) is 57.4 Å². The molecule has 0 saturated carbocycles. The van der Waals surface area contributed by atoms with Crippen molar-refractivity contribution in [3.8, 4) is 0 Å². The predicted molar refractivity (Wildman–Crippen MR) is 71.5 cm³/mol. The van der Waals surface area contributed by atoms with Crippen LogP contribution in [0.4, 0.5) is 0 Å². The molecule has 0 heterocycles. The fourth-order valence-electron chi connectivity index (χ4n) is 1.61. The van der Waals surface area contributed by atoms with Crippen molar-refractivity contribution in [1.82, 2.24) is 0 Å². The maximum absolute atomic E-state index is 5.70. The van der Waals surface area contributed by atoms with Crippen LogP contribution in [0.5, 0.6) is 0 Å². The topological polar surface area (TPSA) is 0 Å². The van der Waals surface area contributed by atoms with Crippen molar-refractivity contribution in [3.05, 3.63) is 0 Å². The molecule has 0 aromatic rings. The van der Waals surface area contributed by atoms with Gasteiger partial charge in [0.1, 0.15) is 0 Å². The highest BCUT2D eigenvalue weighted by atomic mass is 35.5. The summed E-state index contributed by atoms with van der Waals surface area (Å²) >= 11 is 11.4. The average molecular weight is 255 g/mol. The van der Waals surface area contributed by atoms with Crippen molar-refractivity contribution in [2.75, 3.05) is 0 Å². The zero-order valence-electron chi connectivity index (χ0n) is 9.40. The van der Waals surface area contributed by atoms with Crippen molar-refractivity contribution < 1.29 is 0 Å². The molecule has 86 valence electrons. The molecule has 0 atom stereocenters. The highest BCUT2D eigenvalue weighted by Gasteiger charge is 1.98. The summed E-state index contributed by atoms with van der Waals surface area (Å²) < 4.78 is -0.0143. The minimum atomic E-state index is -0.171. The third kappa shape index (κ3) is 12.8. The van der Waals surface area contributed by atoms with Gasteiger partial charge in [0.2, 0.25) is 0 Å². The van der Waals surface area contributed by atoms with E-state index in [1.54, 1.807) is 0 Å². The van der Waals surface area contributed by atoms with Gasteiger partial charge >= 0.3 is 0 Å². The summed E-state index contributed by atoms with van der Waals surface area (Å²) in [6.07, 6.45) is 11.2. The van der Waals surface area contributed by atoms with Crippen LogP contribution in [0.1, 0.15) is 58.3 Å². The lowest BCUT2D eigenvalue weighted by Gasteiger charge is -2.01. The largest absolute Gasteiger partial charge is 0.110 e. The Bertz CT molecular complexity index is 107. The Labute approximate surface area is 102 Å². The van der Waals surface area contributed by atoms with Gasteiger partial charge in [-0.2, -0.15) is 0 Å². The molecule has 0 saturated heterocycles. The second-order valence-corrected chi connectivity index (χ2v) is 8.42. The third-order valence-corrected chi connectivity index (χ3v) is 5.18. The molecule has 0 nitrogen and oxygen atoms in total. The first-order chi connectivity index (χ1) is 6.77. The lowest BCUT2D eigenvalue weighted by molar-refractivity contribution is 0.585. The van der Waals surface area contributed by atoms with E-state index >= 15 is 0 Å². The van der Waals surface area contributed by atoms with Gasteiger partial charge in [-0.15, -0.1) is 23.2 Å². The van der Waals surface area contributed by atoms with Crippen LogP contribution in [0.25, 0.3) is 0 Å². The minimum Gasteiger partial charge on any atom is -0.110 e. The van der Waals surface area contributed by atoms with Crippen molar-refractivity contribution >= 4 is 32.7 Å². The molecule has 0 unspecified atom stereocenters. The minimum absolute atomic E-state index is 0.0143. The number of hydrogen-bond acceptors (Lipinski definition) is 0. The van der Waals surface area contributed by atoms with Crippen molar-refractivity contribution in [3.63, 3.8) is 0 Å². The molecule has 0 spiro atoms. The summed E-state index contributed by atoms with van der Waals surface area (Å²) in [5, 5.41) is 0. The van der Waals surface area contributed by atoms with Gasteiger partial charge in [-0.05, 0) is 0 Å². The van der Waals surface area contributed by atoms with E-state index in [2.05, 4.69) is 6.92 Å². The molecule has 0 amide bonds. The fourth-order valence-corrected chi connectivity index (χ4v) is 3.49. The van der Waals surface area contributed by atoms with Crippen LogP contribution in [0, 0.1) is 0 Å². The van der Waals surface area contributed by atoms with Crippen LogP contribution in [-0.4, -0.2) is 14.0 Å². The van der Waals surface area contributed by atoms with Crippen LogP contribution in [0.2, 0.25) is 6.04 Å². The first-order valence-electron chi connectivity index (χ1n) is 6.05. The molecule has 0 fully saturated rings. The summed E-state index contributed by atoms with van der Waals surface area (Å²) in [6.45, 7) is 2.26. The first-order valence-corrected chi connectivity index (χ1v) is 8.74. The summed E-state index contributed by atoms with van der Waals surface area (Å²) in [4.78, 5) is 0. The maximum atomic E-state index is 5.70. The van der Waals surface area contributed by atoms with E-state index in [9.17, 15) is 0 Å². The number of rotatable bonds is 10. The molecule has 0 aromatic carbocycles. The van der Waals surface area contributed by atoms with Gasteiger partial charge in [-0.3, -0.25) is 0 Å². The van der Waals surface area contributed by atoms with Crippen molar-refractivity contribution in [2.45, 2.75) is 68.8 Å². The maximum Gasteiger partial charge on any atom is 0.0908 e. The van der Waals surface area contributed by atoms with Gasteiger partial charge in [0, 0.05) is 0 Å². The Morgan fingerprint density at radius 2 is 1.36 bits per heavy atom. The molecule has 0 N–H and O–H groups in total. The number of hydrogen-bond donors (Lipinski definition) is 0. The van der Waals surface area contributed by atoms with E-state index in [-0.39, 0.29) is 14.0 Å². The second kappa shape index (κ2) is 11.9. The standard InChI is InChI=1S/C11H24Cl2Si/c1-2-3-4-5-6-7-8-9-10-14-11(12)13/h11H,2-10,14H2,1H3. The van der Waals surface area contributed by atoms with E-state index in [1.807, 2.05) is 0 Å². The lowest BCUT2D eigenvalue weighted by Crippen LogP contribution is -1.99. The summed E-state index contributed by atoms with van der Waals surface area (Å²) in [7, 11) is -0.171. The molecule has 0 bridgehead atoms. The Morgan fingerprint density at radius 1 is 0.857 bits per heavy atom. The van der Waals surface area contributed by atoms with E-state index in [0.29, 0.717) is 0 Å². The second-order valence-electron chi connectivity index (χ2n) is 4.01. The molecule has 0 radical (unpaired) electrons. The lowest BCUT2D eigenvalue weighted by atomic mass is 10.1. The van der Waals surface area contributed by atoms with Gasteiger partial charge < -0.3 is 0 Å². The zero-order valence-corrected chi connectivity index (χ0v) is 12.3. The Kier molecular flexibility index (Phi) is 12.5. The van der Waals surface area contributed by atoms with Gasteiger partial charge in [-0.1, -0.05) is 64.3 Å². The van der Waals surface area contributed by atoms with Crippen LogP contribution >= 0.6 is 23.2 Å². The van der Waals surface area contributed by atoms with E-state index in [0.717, 1.165) is 0 Å². The molecular formula is C11H24Cl2Si. The van der Waals surface area contributed by atoms with Gasteiger partial charge in [0.25, 0.3) is 0 Å². The van der Waals surface area contributed by atoms with Gasteiger partial charge in [0.05, 0.1) is 14.0 Å². The predicted octanol–water partition coefficient (Wildman–Crippen LogP) is 4.48. The average Bonchev–Trinajstić information content (AvgIpc) is 2.15. The van der Waals surface area contributed by atoms with Gasteiger partial charge in [-0.25, -0.2) is 0 Å². The summed E-state index contributed by atoms with van der Waals surface area (Å²) in [5.74, 6) is 0. The Morgan fingerprint density at radius 3 is 1.86 bits per heavy atom. The highest BCUT2D eigenvalue weighted by Crippen LogP contribution is 2.11.